The summed E-state index contributed by atoms with van der Waals surface area (Å²) in [6.45, 7) is 0. The Bertz CT molecular complexity index is 9.61. The quantitative estimate of drug-likeness (QED) is 0.608. The monoisotopic (exact) mass is 330 g/mol. The smallest absolute Gasteiger partial charge is 0.0832 e. The Morgan fingerprint density at radius 3 is 1.20 bits per heavy atom. The van der Waals surface area contributed by atoms with E-state index in [0.717, 1.165) is 0 Å². The van der Waals surface area contributed by atoms with E-state index in [1.54, 1.807) is 0 Å². The predicted molar refractivity (Wildman–Crippen MR) is 12.8 cm³/mol. The molecule has 0 unspecified atom stereocenters. The molecule has 0 aliphatic carbocycles. The van der Waals surface area contributed by atoms with Crippen molar-refractivity contribution in [2.45, 2.75) is 0 Å². The van der Waals surface area contributed by atoms with Crippen LogP contribution in [0.15, 0.2) is 0 Å². The van der Waals surface area contributed by atoms with Gasteiger partial charge in [-0.15, -0.1) is 0 Å². The molecule has 0 heterocycles. The van der Waals surface area contributed by atoms with Gasteiger partial charge in [-0.05, 0) is 0 Å². The van der Waals surface area contributed by atoms with Crippen LogP contribution in [-0.4, -0.2) is 0 Å². The fraction of sp³-hybridized carbons (Fsp3) is 0. The van der Waals surface area contributed by atoms with Gasteiger partial charge in [0.1, 0.15) is 0 Å². The van der Waals surface area contributed by atoms with Crippen LogP contribution in [0.2, 0.25) is 0 Å². The minimum absolute atomic E-state index is 0. The van der Waals surface area contributed by atoms with Crippen LogP contribution in [0.1, 0.15) is 0 Å². The van der Waals surface area contributed by atoms with Crippen molar-refractivity contribution < 1.29 is 64.2 Å². The second kappa shape index (κ2) is 16.0. The zero-order valence-corrected chi connectivity index (χ0v) is 8.48. The van der Waals surface area contributed by atoms with Crippen molar-refractivity contribution in [3.05, 3.63) is 0 Å². The van der Waals surface area contributed by atoms with Crippen LogP contribution in [-0.2, 0) is 23.3 Å². The van der Waals surface area contributed by atoms with Gasteiger partial charge in [0.25, 0.3) is 0 Å². The molecular weight excluding hydrogens is 332 g/mol. The van der Waals surface area contributed by atoms with Crippen molar-refractivity contribution >= 4 is 23.7 Å². The Kier molecular flexibility index (Phi) is 50.2. The minimum Gasteiger partial charge on any atom is -0.166 e. The molecule has 0 aromatic heterocycles. The van der Waals surface area contributed by atoms with Crippen LogP contribution in [0.25, 0.3) is 0 Å². The number of rotatable bonds is 0. The summed E-state index contributed by atoms with van der Waals surface area (Å²) in [4.78, 5) is 0. The van der Waals surface area contributed by atoms with Gasteiger partial charge in [0, 0.05) is 60.3 Å². The summed E-state index contributed by atoms with van der Waals surface area (Å²) in [5.41, 5.74) is 0. The number of hydrogen-bond donors (Lipinski definition) is 0. The Labute approximate surface area is 86.4 Å². The number of halogens is 2. The van der Waals surface area contributed by atoms with E-state index in [9.17, 15) is 0 Å². The average Bonchev–Trinajstić information content (AvgIpc) is 0.918. The third-order valence-electron chi connectivity index (χ3n) is 0. The van der Waals surface area contributed by atoms with Crippen molar-refractivity contribution in [1.82, 2.24) is 0 Å². The first-order valence-electron chi connectivity index (χ1n) is 0.309. The first kappa shape index (κ1) is 15.6. The van der Waals surface area contributed by atoms with Gasteiger partial charge in [0.05, 0.1) is 23.7 Å². The first-order valence-corrected chi connectivity index (χ1v) is 0.926. The maximum atomic E-state index is 4.26. The van der Waals surface area contributed by atoms with Crippen LogP contribution < -0.4 is 0 Å². The first-order chi connectivity index (χ1) is 1.41. The van der Waals surface area contributed by atoms with E-state index in [4.69, 9.17) is 0 Å². The van der Waals surface area contributed by atoms with E-state index < -0.39 is 0 Å². The molecule has 1 nitrogen and oxygen atoms in total. The summed E-state index contributed by atoms with van der Waals surface area (Å²) in [5.74, 6) is 0. The summed E-state index contributed by atoms with van der Waals surface area (Å²) in [7, 11) is 0. The maximum absolute atomic E-state index is 4.26. The molecule has 0 amide bonds. The van der Waals surface area contributed by atoms with Crippen molar-refractivity contribution in [3.63, 3.8) is 0 Å². The van der Waals surface area contributed by atoms with E-state index >= 15 is 0 Å². The molecule has 5 heteroatoms. The fourth-order valence-electron chi connectivity index (χ4n) is 0. The molecule has 5 heavy (non-hydrogen) atoms. The van der Waals surface area contributed by atoms with E-state index in [-0.39, 0.29) is 60.3 Å². The van der Waals surface area contributed by atoms with Crippen molar-refractivity contribution in [2.24, 2.45) is 0 Å². The zero-order chi connectivity index (χ0) is 2.71. The molecule has 0 saturated heterocycles. The van der Waals surface area contributed by atoms with Gasteiger partial charge in [-0.3, -0.25) is 0 Å². The van der Waals surface area contributed by atoms with Crippen LogP contribution in [0.4, 0.5) is 0 Å². The number of hydrogen-bond acceptors (Lipinski definition) is 1. The summed E-state index contributed by atoms with van der Waals surface area (Å²) in [6, 6.07) is 0. The Morgan fingerprint density at radius 1 is 1.20 bits per heavy atom. The summed E-state index contributed by atoms with van der Waals surface area (Å²) in [5, 5.41) is 0. The molecule has 0 N–H and O–H groups in total. The SMILES string of the molecule is ClOCl.[Nd].[Ru]. The molecule has 0 bridgehead atoms. The molecule has 32 valence electrons. The van der Waals surface area contributed by atoms with Crippen LogP contribution >= 0.6 is 23.7 Å². The molecule has 0 radical (unpaired) electrons. The van der Waals surface area contributed by atoms with Gasteiger partial charge in [-0.1, -0.05) is 0 Å². The Morgan fingerprint density at radius 2 is 1.20 bits per heavy atom. The average molecular weight is 332 g/mol. The van der Waals surface area contributed by atoms with Gasteiger partial charge in [0.15, 0.2) is 0 Å². The zero-order valence-electron chi connectivity index (χ0n) is 2.02. The molecule has 0 fully saturated rings. The predicted octanol–water partition coefficient (Wildman–Crippen LogP) is 1.31. The van der Waals surface area contributed by atoms with Gasteiger partial charge in [0.2, 0.25) is 0 Å². The van der Waals surface area contributed by atoms with Gasteiger partial charge >= 0.3 is 0 Å². The second-order valence-electron chi connectivity index (χ2n) is 0.0583. The topological polar surface area (TPSA) is 9.23 Å². The molecule has 0 aliphatic rings. The van der Waals surface area contributed by atoms with E-state index in [2.05, 4.69) is 27.6 Å². The largest absolute Gasteiger partial charge is 0.166 e. The third kappa shape index (κ3) is 21.0. The van der Waals surface area contributed by atoms with Crippen LogP contribution in [0.5, 0.6) is 0 Å². The van der Waals surface area contributed by atoms with Gasteiger partial charge < -0.3 is 0 Å². The standard InChI is InChI=1S/Cl2O.Nd.Ru/c1-3-2;;. The van der Waals surface area contributed by atoms with Crippen molar-refractivity contribution in [1.29, 1.82) is 0 Å². The molecule has 0 saturated carbocycles. The van der Waals surface area contributed by atoms with Gasteiger partial charge in [-0.2, -0.15) is 3.84 Å². The normalized spacial score (nSPS) is 3.60. The Balaban J connectivity index is -0.0000000200. The summed E-state index contributed by atoms with van der Waals surface area (Å²) in [6.07, 6.45) is 0. The fourth-order valence-corrected chi connectivity index (χ4v) is 0. The van der Waals surface area contributed by atoms with E-state index in [1.165, 1.54) is 0 Å². The van der Waals surface area contributed by atoms with E-state index in [0.29, 0.717) is 0 Å². The van der Waals surface area contributed by atoms with Gasteiger partial charge in [-0.25, -0.2) is 0 Å². The second-order valence-corrected chi connectivity index (χ2v) is 0.525. The summed E-state index contributed by atoms with van der Waals surface area (Å²) >= 11 is 8.53. The molecule has 0 spiro atoms. The molecule has 0 aliphatic heterocycles. The van der Waals surface area contributed by atoms with Crippen LogP contribution in [0.3, 0.4) is 0 Å². The minimum atomic E-state index is 0. The molecule has 0 atom stereocenters. The summed E-state index contributed by atoms with van der Waals surface area (Å²) < 4.78 is 3.19. The molecule has 0 aromatic rings. The molecule has 0 rings (SSSR count). The maximum Gasteiger partial charge on any atom is 0.0832 e. The van der Waals surface area contributed by atoms with Crippen LogP contribution in [0, 0.1) is 40.8 Å². The third-order valence-corrected chi connectivity index (χ3v) is 0. The van der Waals surface area contributed by atoms with Crippen molar-refractivity contribution in [3.8, 4) is 0 Å². The molecular formula is Cl2NdORu. The van der Waals surface area contributed by atoms with Crippen molar-refractivity contribution in [2.75, 3.05) is 0 Å². The van der Waals surface area contributed by atoms with E-state index in [1.807, 2.05) is 0 Å². The Hall–Kier alpha value is 2.51. The molecule has 0 aromatic carbocycles.